The smallest absolute Gasteiger partial charge is 0.135 e. The first-order valence-corrected chi connectivity index (χ1v) is 19.2. The van der Waals surface area contributed by atoms with Crippen molar-refractivity contribution in [3.63, 3.8) is 0 Å². The number of hydrogen-bond donors (Lipinski definition) is 0. The molecule has 0 bridgehead atoms. The number of rotatable bonds is 4. The van der Waals surface area contributed by atoms with E-state index in [1.807, 2.05) is 23.5 Å². The van der Waals surface area contributed by atoms with Crippen molar-refractivity contribution in [2.24, 2.45) is 0 Å². The molecule has 2 aliphatic carbocycles. The number of hydrogen-bond acceptors (Lipinski definition) is 3. The van der Waals surface area contributed by atoms with E-state index in [0.29, 0.717) is 0 Å². The van der Waals surface area contributed by atoms with Crippen LogP contribution in [0.15, 0.2) is 174 Å². The van der Waals surface area contributed by atoms with Crippen LogP contribution in [0.1, 0.15) is 22.6 Å². The van der Waals surface area contributed by atoms with Crippen molar-refractivity contribution in [3.8, 4) is 33.4 Å². The third-order valence-electron chi connectivity index (χ3n) is 11.6. The molecule has 1 atom stereocenters. The number of furan rings is 1. The van der Waals surface area contributed by atoms with Crippen molar-refractivity contribution in [3.05, 3.63) is 187 Å². The maximum absolute atomic E-state index is 6.15. The molecule has 248 valence electrons. The molecule has 0 aliphatic heterocycles. The normalized spacial score (nSPS) is 14.2. The van der Waals surface area contributed by atoms with E-state index >= 15 is 0 Å². The van der Waals surface area contributed by atoms with Gasteiger partial charge in [0, 0.05) is 48.2 Å². The second-order valence-corrected chi connectivity index (χ2v) is 15.5. The highest BCUT2D eigenvalue weighted by atomic mass is 32.1. The summed E-state index contributed by atoms with van der Waals surface area (Å²) in [4.78, 5) is 2.51. The van der Waals surface area contributed by atoms with Crippen LogP contribution in [-0.2, 0) is 6.42 Å². The molecule has 3 heteroatoms. The molecule has 0 fully saturated rings. The molecular weight excluding hydrogens is 663 g/mol. The van der Waals surface area contributed by atoms with E-state index in [1.165, 1.54) is 81.6 Å². The lowest BCUT2D eigenvalue weighted by atomic mass is 9.78. The van der Waals surface area contributed by atoms with Crippen LogP contribution in [0.25, 0.3) is 75.5 Å². The summed E-state index contributed by atoms with van der Waals surface area (Å²) in [5.74, 6) is 0.284. The maximum Gasteiger partial charge on any atom is 0.135 e. The van der Waals surface area contributed by atoms with Gasteiger partial charge in [0.05, 0.1) is 5.69 Å². The molecule has 0 radical (unpaired) electrons. The van der Waals surface area contributed by atoms with Gasteiger partial charge in [-0.25, -0.2) is 0 Å². The Morgan fingerprint density at radius 2 is 1.11 bits per heavy atom. The Labute approximate surface area is 310 Å². The summed E-state index contributed by atoms with van der Waals surface area (Å²) < 4.78 is 8.78. The Morgan fingerprint density at radius 1 is 0.453 bits per heavy atom. The molecule has 8 aromatic carbocycles. The SMILES string of the molecule is c1ccc2c(c1)CC1c3c-2cccc3-c2cccc(N(c3ccc(-c4ccc5oc6ccccc6c5c4)cc3)c3ccc4sc5ccccc5c4c3)c21. The predicted octanol–water partition coefficient (Wildman–Crippen LogP) is 14.4. The van der Waals surface area contributed by atoms with E-state index in [0.717, 1.165) is 34.0 Å². The first kappa shape index (κ1) is 29.2. The van der Waals surface area contributed by atoms with Gasteiger partial charge in [-0.2, -0.15) is 0 Å². The standard InChI is InChI=1S/C50H31NOS/c1-2-10-35-32(9-1)28-43-49-38(35)13-7-14-39(49)40-15-8-16-44(50(40)43)51(34-24-26-48-42(29-34)37-12-4-6-18-47(37)53-48)33-22-19-30(20-23-33)31-21-25-46-41(27-31)36-11-3-5-17-45(36)52-46/h1-27,29,43H,28H2. The highest BCUT2D eigenvalue weighted by Crippen LogP contribution is 2.57. The van der Waals surface area contributed by atoms with Gasteiger partial charge in [-0.3, -0.25) is 0 Å². The summed E-state index contributed by atoms with van der Waals surface area (Å²) in [6, 6.07) is 62.6. The van der Waals surface area contributed by atoms with Crippen LogP contribution in [0, 0.1) is 0 Å². The minimum Gasteiger partial charge on any atom is -0.456 e. The third-order valence-corrected chi connectivity index (χ3v) is 12.8. The topological polar surface area (TPSA) is 16.4 Å². The van der Waals surface area contributed by atoms with Gasteiger partial charge < -0.3 is 9.32 Å². The second-order valence-electron chi connectivity index (χ2n) is 14.4. The Bertz CT molecular complexity index is 3110. The first-order chi connectivity index (χ1) is 26.3. The number of anilines is 3. The van der Waals surface area contributed by atoms with Gasteiger partial charge in [-0.1, -0.05) is 109 Å². The van der Waals surface area contributed by atoms with E-state index in [1.54, 1.807) is 0 Å². The third kappa shape index (κ3) is 4.26. The minimum absolute atomic E-state index is 0.284. The van der Waals surface area contributed by atoms with Crippen molar-refractivity contribution in [2.45, 2.75) is 12.3 Å². The van der Waals surface area contributed by atoms with E-state index < -0.39 is 0 Å². The van der Waals surface area contributed by atoms with Crippen LogP contribution in [0.2, 0.25) is 0 Å². The number of nitrogens with zero attached hydrogens (tertiary/aromatic N) is 1. The van der Waals surface area contributed by atoms with Gasteiger partial charge in [0.2, 0.25) is 0 Å². The van der Waals surface area contributed by atoms with Crippen LogP contribution in [0.3, 0.4) is 0 Å². The molecule has 1 unspecified atom stereocenters. The lowest BCUT2D eigenvalue weighted by Crippen LogP contribution is -2.16. The van der Waals surface area contributed by atoms with Gasteiger partial charge in [0.25, 0.3) is 0 Å². The maximum atomic E-state index is 6.15. The summed E-state index contributed by atoms with van der Waals surface area (Å²) >= 11 is 1.87. The monoisotopic (exact) mass is 693 g/mol. The van der Waals surface area contributed by atoms with E-state index in [4.69, 9.17) is 4.42 Å². The van der Waals surface area contributed by atoms with Gasteiger partial charge in [-0.05, 0) is 117 Å². The zero-order chi connectivity index (χ0) is 34.6. The lowest BCUT2D eigenvalue weighted by molar-refractivity contribution is 0.669. The average Bonchev–Trinajstić information content (AvgIpc) is 3.89. The molecule has 0 N–H and O–H groups in total. The number of para-hydroxylation sites is 1. The largest absolute Gasteiger partial charge is 0.456 e. The van der Waals surface area contributed by atoms with Gasteiger partial charge in [0.15, 0.2) is 0 Å². The fourth-order valence-electron chi connectivity index (χ4n) is 9.28. The van der Waals surface area contributed by atoms with Gasteiger partial charge in [0.1, 0.15) is 11.2 Å². The fraction of sp³-hybridized carbons (Fsp3) is 0.0400. The highest BCUT2D eigenvalue weighted by Gasteiger charge is 2.38. The van der Waals surface area contributed by atoms with Crippen LogP contribution in [-0.4, -0.2) is 0 Å². The van der Waals surface area contributed by atoms with Crippen molar-refractivity contribution in [1.29, 1.82) is 0 Å². The Hall–Kier alpha value is -6.42. The molecule has 2 heterocycles. The van der Waals surface area contributed by atoms with Crippen molar-refractivity contribution in [1.82, 2.24) is 0 Å². The van der Waals surface area contributed by atoms with Crippen LogP contribution in [0.4, 0.5) is 17.1 Å². The van der Waals surface area contributed by atoms with Crippen molar-refractivity contribution in [2.75, 3.05) is 4.90 Å². The summed E-state index contributed by atoms with van der Waals surface area (Å²) in [6.45, 7) is 0. The molecule has 0 saturated carbocycles. The highest BCUT2D eigenvalue weighted by molar-refractivity contribution is 7.25. The number of fused-ring (bicyclic) bond motifs is 11. The fourth-order valence-corrected chi connectivity index (χ4v) is 10.4. The molecule has 53 heavy (non-hydrogen) atoms. The molecule has 0 saturated heterocycles. The van der Waals surface area contributed by atoms with Crippen LogP contribution < -0.4 is 4.90 Å². The second kappa shape index (κ2) is 11.0. The molecule has 0 spiro atoms. The summed E-state index contributed by atoms with van der Waals surface area (Å²) in [5, 5.41) is 4.91. The molecule has 12 rings (SSSR count). The number of thiophene rings is 1. The van der Waals surface area contributed by atoms with E-state index in [-0.39, 0.29) is 5.92 Å². The van der Waals surface area contributed by atoms with Gasteiger partial charge >= 0.3 is 0 Å². The van der Waals surface area contributed by atoms with Crippen LogP contribution >= 0.6 is 11.3 Å². The Kier molecular flexibility index (Phi) is 6.08. The van der Waals surface area contributed by atoms with E-state index in [9.17, 15) is 0 Å². The molecule has 2 aromatic heterocycles. The molecule has 10 aromatic rings. The van der Waals surface area contributed by atoms with E-state index in [2.05, 4.69) is 163 Å². The zero-order valence-electron chi connectivity index (χ0n) is 28.7. The summed E-state index contributed by atoms with van der Waals surface area (Å²) in [6.07, 6.45) is 0.996. The molecule has 2 aliphatic rings. The number of benzene rings is 8. The van der Waals surface area contributed by atoms with Gasteiger partial charge in [-0.15, -0.1) is 11.3 Å². The lowest BCUT2D eigenvalue weighted by Gasteiger charge is -2.31. The van der Waals surface area contributed by atoms with Crippen molar-refractivity contribution < 1.29 is 4.42 Å². The Balaban J connectivity index is 1.05. The first-order valence-electron chi connectivity index (χ1n) is 18.3. The molecule has 2 nitrogen and oxygen atoms in total. The minimum atomic E-state index is 0.284. The summed E-state index contributed by atoms with van der Waals surface area (Å²) in [7, 11) is 0. The molecular formula is C50H31NOS. The average molecular weight is 694 g/mol. The predicted molar refractivity (Wildman–Crippen MR) is 223 cm³/mol. The van der Waals surface area contributed by atoms with Crippen molar-refractivity contribution >= 4 is 70.5 Å². The van der Waals surface area contributed by atoms with Crippen LogP contribution in [0.5, 0.6) is 0 Å². The Morgan fingerprint density at radius 3 is 2.02 bits per heavy atom. The quantitative estimate of drug-likeness (QED) is 0.182. The molecule has 0 amide bonds. The summed E-state index contributed by atoms with van der Waals surface area (Å²) in [5.41, 5.74) is 17.5. The zero-order valence-corrected chi connectivity index (χ0v) is 29.5.